The van der Waals surface area contributed by atoms with Crippen molar-refractivity contribution in [3.63, 3.8) is 0 Å². The second-order valence-corrected chi connectivity index (χ2v) is 6.33. The molecule has 0 aliphatic heterocycles. The Morgan fingerprint density at radius 1 is 1.39 bits per heavy atom. The Labute approximate surface area is 108 Å². The van der Waals surface area contributed by atoms with Crippen LogP contribution in [0.3, 0.4) is 0 Å². The molecule has 1 rings (SSSR count). The maximum absolute atomic E-state index is 12.1. The number of nitrogens with zero attached hydrogens (tertiary/aromatic N) is 4. The van der Waals surface area contributed by atoms with Crippen molar-refractivity contribution in [2.24, 2.45) is 7.05 Å². The highest BCUT2D eigenvalue weighted by atomic mass is 32.2. The molecule has 0 saturated heterocycles. The van der Waals surface area contributed by atoms with E-state index >= 15 is 0 Å². The molecule has 1 aromatic rings. The molecule has 0 spiro atoms. The molecule has 1 N–H and O–H groups in total. The maximum Gasteiger partial charge on any atom is 0.281 e. The summed E-state index contributed by atoms with van der Waals surface area (Å²) in [5.41, 5.74) is 0.833. The molecule has 0 aromatic carbocycles. The van der Waals surface area contributed by atoms with Crippen LogP contribution in [0, 0.1) is 0 Å². The highest BCUT2D eigenvalue weighted by molar-refractivity contribution is 7.86. The summed E-state index contributed by atoms with van der Waals surface area (Å²) in [5, 5.41) is 12.7. The van der Waals surface area contributed by atoms with Crippen LogP contribution in [0.5, 0.6) is 0 Å². The molecule has 1 aromatic heterocycles. The van der Waals surface area contributed by atoms with Crippen molar-refractivity contribution in [3.05, 3.63) is 18.0 Å². The van der Waals surface area contributed by atoms with Crippen LogP contribution in [0.1, 0.15) is 12.0 Å². The van der Waals surface area contributed by atoms with Gasteiger partial charge in [0.05, 0.1) is 6.20 Å². The van der Waals surface area contributed by atoms with Gasteiger partial charge < -0.3 is 5.11 Å². The van der Waals surface area contributed by atoms with Crippen molar-refractivity contribution in [2.45, 2.75) is 13.0 Å². The van der Waals surface area contributed by atoms with E-state index in [1.165, 1.54) is 22.7 Å². The molecule has 0 aliphatic carbocycles. The Balaban J connectivity index is 2.66. The highest BCUT2D eigenvalue weighted by Gasteiger charge is 2.23. The van der Waals surface area contributed by atoms with E-state index < -0.39 is 10.2 Å². The number of aryl methyl sites for hydroxylation is 1. The quantitative estimate of drug-likeness (QED) is 0.722. The van der Waals surface area contributed by atoms with Gasteiger partial charge in [0, 0.05) is 52.6 Å². The molecule has 7 nitrogen and oxygen atoms in total. The number of hydrogen-bond donors (Lipinski definition) is 1. The van der Waals surface area contributed by atoms with Crippen LogP contribution >= 0.6 is 0 Å². The topological polar surface area (TPSA) is 78.7 Å². The second kappa shape index (κ2) is 6.28. The number of hydrogen-bond acceptors (Lipinski definition) is 4. The fraction of sp³-hybridized carbons (Fsp3) is 0.700. The van der Waals surface area contributed by atoms with Crippen LogP contribution in [-0.2, 0) is 23.8 Å². The number of rotatable bonds is 7. The lowest BCUT2D eigenvalue weighted by Gasteiger charge is -2.23. The summed E-state index contributed by atoms with van der Waals surface area (Å²) >= 11 is 0. The van der Waals surface area contributed by atoms with Gasteiger partial charge in [-0.2, -0.15) is 22.1 Å². The Kier molecular flexibility index (Phi) is 5.27. The Bertz CT molecular complexity index is 471. The van der Waals surface area contributed by atoms with Crippen LogP contribution < -0.4 is 0 Å². The molecular formula is C10H20N4O3S. The van der Waals surface area contributed by atoms with Crippen LogP contribution in [0.2, 0.25) is 0 Å². The van der Waals surface area contributed by atoms with Crippen molar-refractivity contribution >= 4 is 10.2 Å². The first-order chi connectivity index (χ1) is 8.37. The van der Waals surface area contributed by atoms with E-state index in [2.05, 4.69) is 5.10 Å². The summed E-state index contributed by atoms with van der Waals surface area (Å²) in [6, 6.07) is 0. The van der Waals surface area contributed by atoms with Crippen molar-refractivity contribution in [3.8, 4) is 0 Å². The SMILES string of the molecule is CN(CCCO)S(=O)(=O)N(C)Cc1cnn(C)c1. The van der Waals surface area contributed by atoms with Gasteiger partial charge in [0.1, 0.15) is 0 Å². The van der Waals surface area contributed by atoms with Gasteiger partial charge in [-0.25, -0.2) is 0 Å². The Hall–Kier alpha value is -0.960. The molecule has 0 bridgehead atoms. The first kappa shape index (κ1) is 15.1. The van der Waals surface area contributed by atoms with Crippen LogP contribution in [0.15, 0.2) is 12.4 Å². The summed E-state index contributed by atoms with van der Waals surface area (Å²) < 4.78 is 28.3. The van der Waals surface area contributed by atoms with Gasteiger partial charge in [-0.3, -0.25) is 4.68 Å². The van der Waals surface area contributed by atoms with E-state index in [1.807, 2.05) is 0 Å². The molecule has 8 heteroatoms. The van der Waals surface area contributed by atoms with Gasteiger partial charge in [0.15, 0.2) is 0 Å². The molecule has 0 amide bonds. The molecule has 0 atom stereocenters. The van der Waals surface area contributed by atoms with Gasteiger partial charge in [0.25, 0.3) is 10.2 Å². The minimum absolute atomic E-state index is 0.0216. The standard InChI is InChI=1S/C10H20N4O3S/c1-12-8-10(7-11-12)9-14(3)18(16,17)13(2)5-4-6-15/h7-8,15H,4-6,9H2,1-3H3. The minimum atomic E-state index is -3.48. The molecule has 0 unspecified atom stereocenters. The Morgan fingerprint density at radius 2 is 2.06 bits per heavy atom. The van der Waals surface area contributed by atoms with Gasteiger partial charge in [0.2, 0.25) is 0 Å². The fourth-order valence-electron chi connectivity index (χ4n) is 1.54. The van der Waals surface area contributed by atoms with E-state index in [4.69, 9.17) is 5.11 Å². The highest BCUT2D eigenvalue weighted by Crippen LogP contribution is 2.09. The lowest BCUT2D eigenvalue weighted by Crippen LogP contribution is -2.39. The third kappa shape index (κ3) is 3.77. The third-order valence-corrected chi connectivity index (χ3v) is 4.47. The largest absolute Gasteiger partial charge is 0.396 e. The average molecular weight is 276 g/mol. The molecule has 0 saturated carbocycles. The maximum atomic E-state index is 12.1. The Morgan fingerprint density at radius 3 is 2.56 bits per heavy atom. The molecule has 104 valence electrons. The van der Waals surface area contributed by atoms with Gasteiger partial charge in [-0.15, -0.1) is 0 Å². The predicted molar refractivity (Wildman–Crippen MR) is 67.9 cm³/mol. The summed E-state index contributed by atoms with van der Waals surface area (Å²) in [5.74, 6) is 0. The van der Waals surface area contributed by atoms with Crippen LogP contribution in [-0.4, -0.2) is 59.2 Å². The predicted octanol–water partition coefficient (Wildman–Crippen LogP) is -0.589. The minimum Gasteiger partial charge on any atom is -0.396 e. The lowest BCUT2D eigenvalue weighted by atomic mass is 10.4. The molecule has 1 heterocycles. The van der Waals surface area contributed by atoms with E-state index in [0.29, 0.717) is 13.0 Å². The van der Waals surface area contributed by atoms with Crippen molar-refractivity contribution in [2.75, 3.05) is 27.2 Å². The zero-order chi connectivity index (χ0) is 13.8. The normalized spacial score (nSPS) is 12.6. The van der Waals surface area contributed by atoms with E-state index in [1.54, 1.807) is 24.1 Å². The molecule has 18 heavy (non-hydrogen) atoms. The monoisotopic (exact) mass is 276 g/mol. The lowest BCUT2D eigenvalue weighted by molar-refractivity contribution is 0.272. The smallest absolute Gasteiger partial charge is 0.281 e. The van der Waals surface area contributed by atoms with Crippen LogP contribution in [0.4, 0.5) is 0 Å². The summed E-state index contributed by atoms with van der Waals surface area (Å²) in [6.07, 6.45) is 3.84. The number of aliphatic hydroxyl groups is 1. The van der Waals surface area contributed by atoms with Crippen LogP contribution in [0.25, 0.3) is 0 Å². The van der Waals surface area contributed by atoms with Crippen molar-refractivity contribution in [1.82, 2.24) is 18.4 Å². The third-order valence-electron chi connectivity index (χ3n) is 2.58. The summed E-state index contributed by atoms with van der Waals surface area (Å²) in [7, 11) is 1.33. The van der Waals surface area contributed by atoms with Gasteiger partial charge in [-0.05, 0) is 6.42 Å². The van der Waals surface area contributed by atoms with E-state index in [-0.39, 0.29) is 13.2 Å². The van der Waals surface area contributed by atoms with E-state index in [0.717, 1.165) is 5.56 Å². The zero-order valence-electron chi connectivity index (χ0n) is 10.9. The zero-order valence-corrected chi connectivity index (χ0v) is 11.8. The molecular weight excluding hydrogens is 256 g/mol. The summed E-state index contributed by atoms with van der Waals surface area (Å²) in [6.45, 7) is 0.558. The van der Waals surface area contributed by atoms with Gasteiger partial charge >= 0.3 is 0 Å². The molecule has 0 radical (unpaired) electrons. The average Bonchev–Trinajstić information content (AvgIpc) is 2.71. The first-order valence-electron chi connectivity index (χ1n) is 5.64. The summed E-state index contributed by atoms with van der Waals surface area (Å²) in [4.78, 5) is 0. The number of aliphatic hydroxyl groups excluding tert-OH is 1. The van der Waals surface area contributed by atoms with E-state index in [9.17, 15) is 8.42 Å². The van der Waals surface area contributed by atoms with Crippen molar-refractivity contribution in [1.29, 1.82) is 0 Å². The second-order valence-electron chi connectivity index (χ2n) is 4.18. The first-order valence-corrected chi connectivity index (χ1v) is 7.03. The molecule has 0 aliphatic rings. The number of aromatic nitrogens is 2. The van der Waals surface area contributed by atoms with Crippen molar-refractivity contribution < 1.29 is 13.5 Å². The fourth-order valence-corrected chi connectivity index (χ4v) is 2.69. The van der Waals surface area contributed by atoms with Gasteiger partial charge in [-0.1, -0.05) is 0 Å². The molecule has 0 fully saturated rings.